The minimum absolute atomic E-state index is 0.0575. The maximum Gasteiger partial charge on any atom is 0.259 e. The Kier molecular flexibility index (Phi) is 4.04. The molecular weight excluding hydrogens is 301 g/mol. The maximum atomic E-state index is 13.2. The number of hydrogen-bond donors (Lipinski definition) is 0. The van der Waals surface area contributed by atoms with Crippen LogP contribution in [0.25, 0.3) is 4.96 Å². The molecule has 0 aliphatic rings. The first-order valence-corrected chi connectivity index (χ1v) is 7.80. The first-order chi connectivity index (χ1) is 10.5. The van der Waals surface area contributed by atoms with Gasteiger partial charge in [0.05, 0.1) is 5.69 Å². The molecule has 0 radical (unpaired) electrons. The lowest BCUT2D eigenvalue weighted by atomic mass is 10.2. The van der Waals surface area contributed by atoms with E-state index in [0.29, 0.717) is 18.1 Å². The predicted molar refractivity (Wildman–Crippen MR) is 85.6 cm³/mol. The highest BCUT2D eigenvalue weighted by molar-refractivity contribution is 7.15. The summed E-state index contributed by atoms with van der Waals surface area (Å²) < 4.78 is 14.8. The van der Waals surface area contributed by atoms with E-state index in [4.69, 9.17) is 0 Å². The summed E-state index contributed by atoms with van der Waals surface area (Å²) in [4.78, 5) is 19.4. The van der Waals surface area contributed by atoms with Crippen LogP contribution in [0.4, 0.5) is 4.39 Å². The van der Waals surface area contributed by atoms with Crippen molar-refractivity contribution in [3.63, 3.8) is 0 Å². The van der Waals surface area contributed by atoms with Crippen molar-refractivity contribution in [2.24, 2.45) is 0 Å². The van der Waals surface area contributed by atoms with E-state index in [9.17, 15) is 9.18 Å². The van der Waals surface area contributed by atoms with E-state index in [-0.39, 0.29) is 11.4 Å². The maximum absolute atomic E-state index is 13.2. The third kappa shape index (κ3) is 3.08. The number of benzene rings is 1. The van der Waals surface area contributed by atoms with Gasteiger partial charge in [0.25, 0.3) is 5.56 Å². The van der Waals surface area contributed by atoms with E-state index in [0.717, 1.165) is 17.0 Å². The molecule has 2 aromatic heterocycles. The zero-order valence-electron chi connectivity index (χ0n) is 12.4. The molecule has 0 aliphatic carbocycles. The van der Waals surface area contributed by atoms with Crippen LogP contribution in [0.1, 0.15) is 17.0 Å². The van der Waals surface area contributed by atoms with Crippen molar-refractivity contribution in [1.29, 1.82) is 0 Å². The number of nitrogens with zero attached hydrogens (tertiary/aromatic N) is 3. The monoisotopic (exact) mass is 317 g/mol. The van der Waals surface area contributed by atoms with Crippen molar-refractivity contribution in [2.75, 3.05) is 7.05 Å². The van der Waals surface area contributed by atoms with Gasteiger partial charge in [-0.25, -0.2) is 9.37 Å². The van der Waals surface area contributed by atoms with Crippen molar-refractivity contribution in [3.8, 4) is 0 Å². The Morgan fingerprint density at radius 1 is 1.32 bits per heavy atom. The van der Waals surface area contributed by atoms with Gasteiger partial charge in [-0.15, -0.1) is 11.3 Å². The number of hydrogen-bond acceptors (Lipinski definition) is 4. The topological polar surface area (TPSA) is 37.6 Å². The van der Waals surface area contributed by atoms with E-state index < -0.39 is 0 Å². The minimum atomic E-state index is -0.238. The van der Waals surface area contributed by atoms with Crippen LogP contribution in [0.15, 0.2) is 40.5 Å². The molecular formula is C16H16FN3OS. The van der Waals surface area contributed by atoms with Crippen LogP contribution in [-0.4, -0.2) is 21.3 Å². The SMILES string of the molecule is Cc1csc2nc(CN(C)Cc3cccc(F)c3)cc(=O)n12. The molecule has 0 saturated heterocycles. The molecule has 0 bridgehead atoms. The minimum Gasteiger partial charge on any atom is -0.296 e. The second kappa shape index (κ2) is 5.98. The van der Waals surface area contributed by atoms with Gasteiger partial charge in [0.1, 0.15) is 5.82 Å². The molecule has 114 valence electrons. The highest BCUT2D eigenvalue weighted by Gasteiger charge is 2.09. The number of rotatable bonds is 4. The van der Waals surface area contributed by atoms with Gasteiger partial charge in [-0.05, 0) is 31.7 Å². The largest absolute Gasteiger partial charge is 0.296 e. The number of thiazole rings is 1. The normalized spacial score (nSPS) is 11.5. The summed E-state index contributed by atoms with van der Waals surface area (Å²) in [5.74, 6) is -0.238. The molecule has 0 saturated carbocycles. The van der Waals surface area contributed by atoms with E-state index >= 15 is 0 Å². The summed E-state index contributed by atoms with van der Waals surface area (Å²) in [7, 11) is 1.92. The smallest absolute Gasteiger partial charge is 0.259 e. The van der Waals surface area contributed by atoms with Crippen LogP contribution in [-0.2, 0) is 13.1 Å². The number of fused-ring (bicyclic) bond motifs is 1. The summed E-state index contributed by atoms with van der Waals surface area (Å²) in [6.07, 6.45) is 0. The lowest BCUT2D eigenvalue weighted by Gasteiger charge is -2.16. The molecule has 0 aliphatic heterocycles. The fourth-order valence-corrected chi connectivity index (χ4v) is 3.35. The Hall–Kier alpha value is -2.05. The van der Waals surface area contributed by atoms with Crippen molar-refractivity contribution < 1.29 is 4.39 Å². The summed E-state index contributed by atoms with van der Waals surface area (Å²) in [6.45, 7) is 3.03. The number of aryl methyl sites for hydroxylation is 1. The van der Waals surface area contributed by atoms with Gasteiger partial charge < -0.3 is 0 Å². The fourth-order valence-electron chi connectivity index (χ4n) is 2.46. The van der Waals surface area contributed by atoms with Crippen molar-refractivity contribution in [2.45, 2.75) is 20.0 Å². The first-order valence-electron chi connectivity index (χ1n) is 6.93. The third-order valence-corrected chi connectivity index (χ3v) is 4.35. The second-order valence-electron chi connectivity index (χ2n) is 5.38. The number of aromatic nitrogens is 2. The molecule has 0 unspecified atom stereocenters. The molecule has 3 rings (SSSR count). The lowest BCUT2D eigenvalue weighted by molar-refractivity contribution is 0.314. The zero-order valence-corrected chi connectivity index (χ0v) is 13.2. The van der Waals surface area contributed by atoms with Crippen LogP contribution in [0.3, 0.4) is 0 Å². The Balaban J connectivity index is 1.79. The lowest BCUT2D eigenvalue weighted by Crippen LogP contribution is -2.21. The highest BCUT2D eigenvalue weighted by Crippen LogP contribution is 2.13. The molecule has 6 heteroatoms. The molecule has 0 amide bonds. The van der Waals surface area contributed by atoms with Crippen LogP contribution in [0, 0.1) is 12.7 Å². The quantitative estimate of drug-likeness (QED) is 0.742. The van der Waals surface area contributed by atoms with Gasteiger partial charge in [0, 0.05) is 30.2 Å². The zero-order chi connectivity index (χ0) is 15.7. The molecule has 3 aromatic rings. The van der Waals surface area contributed by atoms with Gasteiger partial charge in [0.15, 0.2) is 4.96 Å². The molecule has 22 heavy (non-hydrogen) atoms. The average Bonchev–Trinajstić information content (AvgIpc) is 2.80. The predicted octanol–water partition coefficient (Wildman–Crippen LogP) is 2.84. The van der Waals surface area contributed by atoms with Crippen molar-refractivity contribution >= 4 is 16.3 Å². The van der Waals surface area contributed by atoms with E-state index in [1.165, 1.54) is 23.5 Å². The van der Waals surface area contributed by atoms with Crippen LogP contribution < -0.4 is 5.56 Å². The Bertz CT molecular complexity index is 871. The van der Waals surface area contributed by atoms with Gasteiger partial charge in [-0.1, -0.05) is 12.1 Å². The van der Waals surface area contributed by atoms with Crippen LogP contribution >= 0.6 is 11.3 Å². The van der Waals surface area contributed by atoms with Crippen LogP contribution in [0.5, 0.6) is 0 Å². The Morgan fingerprint density at radius 2 is 2.14 bits per heavy atom. The highest BCUT2D eigenvalue weighted by atomic mass is 32.1. The third-order valence-electron chi connectivity index (χ3n) is 3.40. The summed E-state index contributed by atoms with van der Waals surface area (Å²) in [5.41, 5.74) is 2.47. The van der Waals surface area contributed by atoms with Gasteiger partial charge >= 0.3 is 0 Å². The molecule has 2 heterocycles. The van der Waals surface area contributed by atoms with E-state index in [1.54, 1.807) is 16.5 Å². The molecule has 1 aromatic carbocycles. The van der Waals surface area contributed by atoms with Crippen molar-refractivity contribution in [1.82, 2.24) is 14.3 Å². The Morgan fingerprint density at radius 3 is 2.91 bits per heavy atom. The van der Waals surface area contributed by atoms with E-state index in [2.05, 4.69) is 4.98 Å². The summed E-state index contributed by atoms with van der Waals surface area (Å²) in [6, 6.07) is 8.09. The first kappa shape index (κ1) is 14.9. The number of halogens is 1. The molecule has 0 fully saturated rings. The summed E-state index contributed by atoms with van der Waals surface area (Å²) in [5, 5.41) is 1.92. The van der Waals surface area contributed by atoms with E-state index in [1.807, 2.05) is 30.3 Å². The average molecular weight is 317 g/mol. The van der Waals surface area contributed by atoms with Gasteiger partial charge in [-0.3, -0.25) is 14.1 Å². The second-order valence-corrected chi connectivity index (χ2v) is 6.22. The molecule has 0 spiro atoms. The van der Waals surface area contributed by atoms with Crippen LogP contribution in [0.2, 0.25) is 0 Å². The van der Waals surface area contributed by atoms with Gasteiger partial charge in [0.2, 0.25) is 0 Å². The fraction of sp³-hybridized carbons (Fsp3) is 0.250. The standard InChI is InChI=1S/C16H16FN3OS/c1-11-10-22-16-18-14(7-15(21)20(11)16)9-19(2)8-12-4-3-5-13(17)6-12/h3-7,10H,8-9H2,1-2H3. The molecule has 0 N–H and O–H groups in total. The van der Waals surface area contributed by atoms with Gasteiger partial charge in [-0.2, -0.15) is 0 Å². The Labute approximate surface area is 131 Å². The molecule has 4 nitrogen and oxygen atoms in total. The van der Waals surface area contributed by atoms with Crippen molar-refractivity contribution in [3.05, 3.63) is 68.8 Å². The summed E-state index contributed by atoms with van der Waals surface area (Å²) >= 11 is 1.46. The molecule has 0 atom stereocenters.